The largest absolute Gasteiger partial charge is 0.356 e. The molecule has 1 N–H and O–H groups in total. The second kappa shape index (κ2) is 8.92. The van der Waals surface area contributed by atoms with E-state index in [4.69, 9.17) is 5.26 Å². The summed E-state index contributed by atoms with van der Waals surface area (Å²) in [5.74, 6) is 1.14. The molecule has 2 aliphatic heterocycles. The highest BCUT2D eigenvalue weighted by Crippen LogP contribution is 2.31. The van der Waals surface area contributed by atoms with E-state index in [0.717, 1.165) is 49.1 Å². The maximum atomic E-state index is 12.9. The van der Waals surface area contributed by atoms with Crippen molar-refractivity contribution in [1.29, 1.82) is 5.26 Å². The molecular weight excluding hydrogens is 436 g/mol. The number of aromatic nitrogens is 4. The van der Waals surface area contributed by atoms with Gasteiger partial charge in [0.1, 0.15) is 11.5 Å². The molecule has 9 nitrogen and oxygen atoms in total. The summed E-state index contributed by atoms with van der Waals surface area (Å²) in [6.07, 6.45) is 3.51. The molecule has 0 aromatic carbocycles. The van der Waals surface area contributed by atoms with Crippen LogP contribution in [0.1, 0.15) is 27.4 Å². The number of nitriles is 1. The third-order valence-corrected chi connectivity index (χ3v) is 7.54. The minimum absolute atomic E-state index is 0.0489. The number of hydrogen-bond donors (Lipinski definition) is 1. The molecule has 33 heavy (non-hydrogen) atoms. The number of nitrogens with one attached hydrogen (secondary N) is 1. The molecule has 0 saturated carbocycles. The topological polar surface area (TPSA) is 95.0 Å². The Morgan fingerprint density at radius 1 is 1.27 bits per heavy atom. The van der Waals surface area contributed by atoms with Crippen LogP contribution in [-0.4, -0.2) is 55.7 Å². The summed E-state index contributed by atoms with van der Waals surface area (Å²) in [6.45, 7) is 6.95. The monoisotopic (exact) mass is 462 g/mol. The van der Waals surface area contributed by atoms with Crippen molar-refractivity contribution in [2.45, 2.75) is 24.9 Å². The lowest BCUT2D eigenvalue weighted by Gasteiger charge is -2.40. The molecule has 1 amide bonds. The van der Waals surface area contributed by atoms with Gasteiger partial charge in [0.05, 0.1) is 30.4 Å². The number of carbonyl (C=O) groups excluding carboxylic acids is 1. The molecule has 0 unspecified atom stereocenters. The van der Waals surface area contributed by atoms with Crippen LogP contribution in [0.15, 0.2) is 41.6 Å². The summed E-state index contributed by atoms with van der Waals surface area (Å²) >= 11 is 1.71. The Balaban J connectivity index is 1.15. The van der Waals surface area contributed by atoms with Crippen LogP contribution in [0.4, 0.5) is 5.82 Å². The van der Waals surface area contributed by atoms with Gasteiger partial charge in [-0.15, -0.1) is 0 Å². The molecule has 3 aromatic heterocycles. The zero-order valence-electron chi connectivity index (χ0n) is 18.7. The molecule has 0 aliphatic carbocycles. The van der Waals surface area contributed by atoms with Crippen molar-refractivity contribution >= 4 is 23.7 Å². The summed E-state index contributed by atoms with van der Waals surface area (Å²) in [4.78, 5) is 20.5. The van der Waals surface area contributed by atoms with E-state index in [1.807, 2.05) is 28.6 Å². The minimum atomic E-state index is -0.0489. The summed E-state index contributed by atoms with van der Waals surface area (Å²) in [5, 5.41) is 16.5. The lowest BCUT2D eigenvalue weighted by Crippen LogP contribution is -2.52. The molecule has 5 heterocycles. The van der Waals surface area contributed by atoms with Crippen molar-refractivity contribution in [3.05, 3.63) is 59.3 Å². The zero-order valence-corrected chi connectivity index (χ0v) is 19.5. The van der Waals surface area contributed by atoms with Gasteiger partial charge >= 0.3 is 0 Å². The van der Waals surface area contributed by atoms with Crippen LogP contribution in [0, 0.1) is 24.2 Å². The minimum Gasteiger partial charge on any atom is -0.356 e. The molecule has 0 bridgehead atoms. The first-order chi connectivity index (χ1) is 16.0. The molecular formula is C23H26N8OS. The SMILES string of the molecule is Cc1c(SN2CCn3nccc3C2)cc(C(=O)NCC2CN(c3cc(C#N)ccn3)C2)n1C. The predicted molar refractivity (Wildman–Crippen MR) is 126 cm³/mol. The third kappa shape index (κ3) is 4.34. The number of hydrogen-bond acceptors (Lipinski definition) is 7. The summed E-state index contributed by atoms with van der Waals surface area (Å²) in [6, 6.07) is 9.70. The van der Waals surface area contributed by atoms with E-state index < -0.39 is 0 Å². The van der Waals surface area contributed by atoms with Crippen LogP contribution >= 0.6 is 11.9 Å². The highest BCUT2D eigenvalue weighted by Gasteiger charge is 2.29. The van der Waals surface area contributed by atoms with Gasteiger partial charge in [-0.05, 0) is 43.1 Å². The fourth-order valence-electron chi connectivity index (χ4n) is 4.23. The quantitative estimate of drug-likeness (QED) is 0.561. The molecule has 10 heteroatoms. The lowest BCUT2D eigenvalue weighted by molar-refractivity contribution is 0.0936. The van der Waals surface area contributed by atoms with Crippen LogP contribution in [-0.2, 0) is 20.1 Å². The van der Waals surface area contributed by atoms with Gasteiger partial charge in [0.15, 0.2) is 0 Å². The highest BCUT2D eigenvalue weighted by molar-refractivity contribution is 7.97. The standard InChI is InChI=1S/C23H26N8OS/c1-16-21(33-30-7-8-31-19(15-30)4-6-27-31)10-20(28(16)2)23(32)26-12-18-13-29(14-18)22-9-17(11-24)3-5-25-22/h3-6,9-10,18H,7-8,12-15H2,1-2H3,(H,26,32). The van der Waals surface area contributed by atoms with E-state index in [1.165, 1.54) is 5.69 Å². The second-order valence-corrected chi connectivity index (χ2v) is 9.67. The number of carbonyl (C=O) groups is 1. The fourth-order valence-corrected chi connectivity index (χ4v) is 5.32. The number of fused-ring (bicyclic) bond motifs is 1. The predicted octanol–water partition coefficient (Wildman–Crippen LogP) is 2.19. The first-order valence-corrected chi connectivity index (χ1v) is 11.8. The Bertz CT molecular complexity index is 1220. The molecule has 0 radical (unpaired) electrons. The molecule has 170 valence electrons. The summed E-state index contributed by atoms with van der Waals surface area (Å²) in [5.41, 5.74) is 3.59. The van der Waals surface area contributed by atoms with E-state index in [2.05, 4.69) is 43.7 Å². The van der Waals surface area contributed by atoms with Gasteiger partial charge in [0, 0.05) is 62.1 Å². The van der Waals surface area contributed by atoms with Crippen LogP contribution in [0.3, 0.4) is 0 Å². The number of amides is 1. The maximum absolute atomic E-state index is 12.9. The fraction of sp³-hybridized carbons (Fsp3) is 0.391. The van der Waals surface area contributed by atoms with Crippen molar-refractivity contribution < 1.29 is 4.79 Å². The van der Waals surface area contributed by atoms with Crippen LogP contribution in [0.25, 0.3) is 0 Å². The van der Waals surface area contributed by atoms with E-state index in [-0.39, 0.29) is 5.91 Å². The van der Waals surface area contributed by atoms with Crippen molar-refractivity contribution in [3.8, 4) is 6.07 Å². The third-order valence-electron chi connectivity index (χ3n) is 6.36. The van der Waals surface area contributed by atoms with E-state index >= 15 is 0 Å². The Hall–Kier alpha value is -3.29. The van der Waals surface area contributed by atoms with Gasteiger partial charge < -0.3 is 14.8 Å². The lowest BCUT2D eigenvalue weighted by atomic mass is 10.00. The highest BCUT2D eigenvalue weighted by atomic mass is 32.2. The average Bonchev–Trinajstić information content (AvgIpc) is 3.37. The average molecular weight is 463 g/mol. The Morgan fingerprint density at radius 3 is 2.94 bits per heavy atom. The van der Waals surface area contributed by atoms with Gasteiger partial charge in [-0.3, -0.25) is 9.48 Å². The van der Waals surface area contributed by atoms with Crippen LogP contribution < -0.4 is 10.2 Å². The molecule has 1 fully saturated rings. The van der Waals surface area contributed by atoms with Crippen LogP contribution in [0.5, 0.6) is 0 Å². The van der Waals surface area contributed by atoms with E-state index in [1.54, 1.807) is 30.3 Å². The number of rotatable bonds is 6. The van der Waals surface area contributed by atoms with Gasteiger partial charge in [0.25, 0.3) is 5.91 Å². The van der Waals surface area contributed by atoms with Gasteiger partial charge in [0.2, 0.25) is 0 Å². The Morgan fingerprint density at radius 2 is 2.12 bits per heavy atom. The van der Waals surface area contributed by atoms with Gasteiger partial charge in [-0.2, -0.15) is 10.4 Å². The first-order valence-electron chi connectivity index (χ1n) is 11.0. The zero-order chi connectivity index (χ0) is 22.9. The maximum Gasteiger partial charge on any atom is 0.267 e. The smallest absolute Gasteiger partial charge is 0.267 e. The van der Waals surface area contributed by atoms with Gasteiger partial charge in [-0.25, -0.2) is 9.29 Å². The molecule has 3 aromatic rings. The molecule has 2 aliphatic rings. The Kier molecular flexibility index (Phi) is 5.83. The molecule has 0 atom stereocenters. The summed E-state index contributed by atoms with van der Waals surface area (Å²) < 4.78 is 6.33. The van der Waals surface area contributed by atoms with Crippen molar-refractivity contribution in [3.63, 3.8) is 0 Å². The first kappa shape index (κ1) is 21.6. The second-order valence-electron chi connectivity index (χ2n) is 8.53. The van der Waals surface area contributed by atoms with Gasteiger partial charge in [-0.1, -0.05) is 0 Å². The van der Waals surface area contributed by atoms with E-state index in [0.29, 0.717) is 23.7 Å². The molecule has 0 spiro atoms. The number of anilines is 1. The van der Waals surface area contributed by atoms with Crippen molar-refractivity contribution in [1.82, 2.24) is 29.0 Å². The number of nitrogens with zero attached hydrogens (tertiary/aromatic N) is 7. The van der Waals surface area contributed by atoms with Crippen molar-refractivity contribution in [2.24, 2.45) is 13.0 Å². The number of pyridine rings is 1. The van der Waals surface area contributed by atoms with Crippen molar-refractivity contribution in [2.75, 3.05) is 31.1 Å². The normalized spacial score (nSPS) is 16.2. The Labute approximate surface area is 197 Å². The summed E-state index contributed by atoms with van der Waals surface area (Å²) in [7, 11) is 1.94. The van der Waals surface area contributed by atoms with Crippen LogP contribution in [0.2, 0.25) is 0 Å². The molecule has 5 rings (SSSR count). The molecule has 1 saturated heterocycles. The van der Waals surface area contributed by atoms with E-state index in [9.17, 15) is 4.79 Å².